The monoisotopic (exact) mass is 350 g/mol. The van der Waals surface area contributed by atoms with Crippen LogP contribution in [0.4, 0.5) is 4.79 Å². The quantitative estimate of drug-likeness (QED) is 0.713. The number of fused-ring (bicyclic) bond motifs is 1. The topological polar surface area (TPSA) is 88.5 Å². The fraction of sp³-hybridized carbons (Fsp3) is 0.150. The number of carbonyl (C=O) groups excluding carboxylic acids is 1. The zero-order valence-corrected chi connectivity index (χ0v) is 14.0. The van der Waals surface area contributed by atoms with Crippen molar-refractivity contribution < 1.29 is 19.4 Å². The third kappa shape index (κ3) is 4.36. The van der Waals surface area contributed by atoms with Gasteiger partial charge in [-0.1, -0.05) is 54.6 Å². The minimum absolute atomic E-state index is 0.0782. The first-order valence-electron chi connectivity index (χ1n) is 8.15. The van der Waals surface area contributed by atoms with E-state index in [0.717, 1.165) is 21.9 Å². The molecular formula is C20H18N2O4. The first-order valence-corrected chi connectivity index (χ1v) is 8.15. The Hall–Kier alpha value is -3.41. The number of benzene rings is 2. The molecule has 3 aromatic rings. The summed E-state index contributed by atoms with van der Waals surface area (Å²) in [6.45, 7) is 0.0782. The minimum atomic E-state index is -1.13. The maximum atomic E-state index is 12.0. The van der Waals surface area contributed by atoms with Crippen molar-refractivity contribution in [3.8, 4) is 0 Å². The summed E-state index contributed by atoms with van der Waals surface area (Å²) in [5.41, 5.74) is 1.58. The normalized spacial score (nSPS) is 11.7. The van der Waals surface area contributed by atoms with Crippen LogP contribution < -0.4 is 5.32 Å². The van der Waals surface area contributed by atoms with Crippen LogP contribution in [0.15, 0.2) is 67.0 Å². The van der Waals surface area contributed by atoms with E-state index in [2.05, 4.69) is 10.3 Å². The summed E-state index contributed by atoms with van der Waals surface area (Å²) in [5, 5.41) is 13.7. The second-order valence-corrected chi connectivity index (χ2v) is 5.82. The number of nitrogens with one attached hydrogen (secondary N) is 1. The molecule has 0 unspecified atom stereocenters. The Labute approximate surface area is 150 Å². The van der Waals surface area contributed by atoms with E-state index in [4.69, 9.17) is 4.74 Å². The molecule has 1 amide bonds. The SMILES string of the molecule is O=C(N[C@H](Cc1cncc2ccccc12)C(=O)O)OCc1ccccc1. The molecule has 3 rings (SSSR count). The van der Waals surface area contributed by atoms with Gasteiger partial charge in [0.1, 0.15) is 12.6 Å². The average Bonchev–Trinajstić information content (AvgIpc) is 2.67. The molecule has 26 heavy (non-hydrogen) atoms. The van der Waals surface area contributed by atoms with Crippen LogP contribution in [-0.2, 0) is 22.6 Å². The Kier molecular flexibility index (Phi) is 5.43. The van der Waals surface area contributed by atoms with Gasteiger partial charge in [0, 0.05) is 24.2 Å². The van der Waals surface area contributed by atoms with Crippen molar-refractivity contribution in [1.82, 2.24) is 10.3 Å². The highest BCUT2D eigenvalue weighted by atomic mass is 16.5. The Morgan fingerprint density at radius 3 is 2.54 bits per heavy atom. The number of carbonyl (C=O) groups is 2. The molecule has 0 bridgehead atoms. The van der Waals surface area contributed by atoms with Gasteiger partial charge in [0.25, 0.3) is 0 Å². The smallest absolute Gasteiger partial charge is 0.408 e. The van der Waals surface area contributed by atoms with E-state index < -0.39 is 18.1 Å². The maximum absolute atomic E-state index is 12.0. The van der Waals surface area contributed by atoms with Gasteiger partial charge in [-0.05, 0) is 16.5 Å². The second kappa shape index (κ2) is 8.11. The van der Waals surface area contributed by atoms with Crippen LogP contribution in [-0.4, -0.2) is 28.2 Å². The molecule has 6 nitrogen and oxygen atoms in total. The standard InChI is InChI=1S/C20H18N2O4/c23-19(24)18(22-20(25)26-13-14-6-2-1-3-7-14)10-16-12-21-11-15-8-4-5-9-17(15)16/h1-9,11-12,18H,10,13H2,(H,22,25)(H,23,24)/t18-/m1/s1. The van der Waals surface area contributed by atoms with Crippen molar-refractivity contribution in [1.29, 1.82) is 0 Å². The van der Waals surface area contributed by atoms with Crippen molar-refractivity contribution in [2.24, 2.45) is 0 Å². The van der Waals surface area contributed by atoms with Crippen molar-refractivity contribution in [2.45, 2.75) is 19.1 Å². The third-order valence-corrected chi connectivity index (χ3v) is 3.98. The molecule has 1 aromatic heterocycles. The number of rotatable bonds is 6. The second-order valence-electron chi connectivity index (χ2n) is 5.82. The van der Waals surface area contributed by atoms with Crippen molar-refractivity contribution >= 4 is 22.8 Å². The molecular weight excluding hydrogens is 332 g/mol. The van der Waals surface area contributed by atoms with Crippen LogP contribution in [0.1, 0.15) is 11.1 Å². The summed E-state index contributed by atoms with van der Waals surface area (Å²) in [7, 11) is 0. The molecule has 1 atom stereocenters. The number of nitrogens with zero attached hydrogens (tertiary/aromatic N) is 1. The predicted octanol–water partition coefficient (Wildman–Crippen LogP) is 3.16. The molecule has 0 radical (unpaired) electrons. The van der Waals surface area contributed by atoms with E-state index in [0.29, 0.717) is 0 Å². The van der Waals surface area contributed by atoms with Gasteiger partial charge in [0.05, 0.1) is 0 Å². The van der Waals surface area contributed by atoms with E-state index in [-0.39, 0.29) is 13.0 Å². The number of hydrogen-bond donors (Lipinski definition) is 2. The zero-order chi connectivity index (χ0) is 18.4. The molecule has 6 heteroatoms. The van der Waals surface area contributed by atoms with Gasteiger partial charge < -0.3 is 15.2 Å². The van der Waals surface area contributed by atoms with Gasteiger partial charge in [-0.2, -0.15) is 0 Å². The van der Waals surface area contributed by atoms with Gasteiger partial charge in [0.2, 0.25) is 0 Å². The van der Waals surface area contributed by atoms with Crippen LogP contribution in [0.5, 0.6) is 0 Å². The molecule has 0 saturated heterocycles. The Bertz CT molecular complexity index is 907. The van der Waals surface area contributed by atoms with Gasteiger partial charge in [0.15, 0.2) is 0 Å². The number of hydrogen-bond acceptors (Lipinski definition) is 4. The summed E-state index contributed by atoms with van der Waals surface area (Å²) in [6.07, 6.45) is 2.68. The van der Waals surface area contributed by atoms with E-state index >= 15 is 0 Å². The fourth-order valence-corrected chi connectivity index (χ4v) is 2.67. The lowest BCUT2D eigenvalue weighted by molar-refractivity contribution is -0.139. The predicted molar refractivity (Wildman–Crippen MR) is 96.6 cm³/mol. The summed E-state index contributed by atoms with van der Waals surface area (Å²) in [5.74, 6) is -1.13. The summed E-state index contributed by atoms with van der Waals surface area (Å²) >= 11 is 0. The van der Waals surface area contributed by atoms with E-state index in [1.54, 1.807) is 12.4 Å². The van der Waals surface area contributed by atoms with Crippen molar-refractivity contribution in [3.63, 3.8) is 0 Å². The molecule has 132 valence electrons. The highest BCUT2D eigenvalue weighted by molar-refractivity contribution is 5.86. The summed E-state index contributed by atoms with van der Waals surface area (Å²) < 4.78 is 5.10. The largest absolute Gasteiger partial charge is 0.480 e. The van der Waals surface area contributed by atoms with Crippen LogP contribution >= 0.6 is 0 Å². The lowest BCUT2D eigenvalue weighted by atomic mass is 10.0. The first-order chi connectivity index (χ1) is 12.6. The van der Waals surface area contributed by atoms with Crippen molar-refractivity contribution in [3.05, 3.63) is 78.1 Å². The Morgan fingerprint density at radius 1 is 1.04 bits per heavy atom. The summed E-state index contributed by atoms with van der Waals surface area (Å²) in [6, 6.07) is 15.7. The molecule has 2 aromatic carbocycles. The number of carboxylic acid groups (broad SMARTS) is 1. The fourth-order valence-electron chi connectivity index (χ4n) is 2.67. The molecule has 2 N–H and O–H groups in total. The average molecular weight is 350 g/mol. The molecule has 0 aliphatic carbocycles. The molecule has 0 saturated carbocycles. The van der Waals surface area contributed by atoms with Gasteiger partial charge >= 0.3 is 12.1 Å². The number of amides is 1. The number of pyridine rings is 1. The van der Waals surface area contributed by atoms with E-state index in [1.807, 2.05) is 54.6 Å². The lowest BCUT2D eigenvalue weighted by Crippen LogP contribution is -2.42. The number of carboxylic acids is 1. The van der Waals surface area contributed by atoms with E-state index in [9.17, 15) is 14.7 Å². The van der Waals surface area contributed by atoms with Crippen LogP contribution in [0.25, 0.3) is 10.8 Å². The zero-order valence-electron chi connectivity index (χ0n) is 14.0. The number of aliphatic carboxylic acids is 1. The highest BCUT2D eigenvalue weighted by Crippen LogP contribution is 2.18. The van der Waals surface area contributed by atoms with Gasteiger partial charge in [-0.15, -0.1) is 0 Å². The van der Waals surface area contributed by atoms with E-state index in [1.165, 1.54) is 0 Å². The highest BCUT2D eigenvalue weighted by Gasteiger charge is 2.22. The minimum Gasteiger partial charge on any atom is -0.480 e. The van der Waals surface area contributed by atoms with Crippen LogP contribution in [0.2, 0.25) is 0 Å². The lowest BCUT2D eigenvalue weighted by Gasteiger charge is -2.15. The molecule has 1 heterocycles. The third-order valence-electron chi connectivity index (χ3n) is 3.98. The van der Waals surface area contributed by atoms with Crippen molar-refractivity contribution in [2.75, 3.05) is 0 Å². The molecule has 0 aliphatic rings. The number of ether oxygens (including phenoxy) is 1. The number of aromatic nitrogens is 1. The first kappa shape index (κ1) is 17.4. The van der Waals surface area contributed by atoms with Crippen LogP contribution in [0.3, 0.4) is 0 Å². The van der Waals surface area contributed by atoms with Gasteiger partial charge in [-0.25, -0.2) is 9.59 Å². The molecule has 0 fully saturated rings. The van der Waals surface area contributed by atoms with Crippen LogP contribution in [0, 0.1) is 0 Å². The summed E-state index contributed by atoms with van der Waals surface area (Å²) in [4.78, 5) is 27.7. The molecule has 0 aliphatic heterocycles. The Balaban J connectivity index is 1.67. The van der Waals surface area contributed by atoms with Gasteiger partial charge in [-0.3, -0.25) is 4.98 Å². The maximum Gasteiger partial charge on any atom is 0.408 e. The Morgan fingerprint density at radius 2 is 1.77 bits per heavy atom. The number of alkyl carbamates (subject to hydrolysis) is 1. The molecule has 0 spiro atoms.